The molecule has 0 amide bonds. The molecule has 0 aliphatic rings. The summed E-state index contributed by atoms with van der Waals surface area (Å²) in [5.74, 6) is -0.0430. The zero-order chi connectivity index (χ0) is 16.5. The van der Waals surface area contributed by atoms with Gasteiger partial charge in [0, 0.05) is 19.2 Å². The Morgan fingerprint density at radius 2 is 1.83 bits per heavy atom. The smallest absolute Gasteiger partial charge is 0.321 e. The molecule has 1 aromatic carbocycles. The van der Waals surface area contributed by atoms with E-state index in [0.717, 1.165) is 17.8 Å². The second kappa shape index (κ2) is 7.31. The van der Waals surface area contributed by atoms with Crippen LogP contribution in [-0.4, -0.2) is 10.4 Å². The molecular weight excluding hydrogens is 349 g/mol. The number of carbonyl (C=O) groups excluding carboxylic acids is 1. The van der Waals surface area contributed by atoms with Crippen molar-refractivity contribution in [2.45, 2.75) is 33.5 Å². The molecule has 0 aliphatic carbocycles. The lowest BCUT2D eigenvalue weighted by molar-refractivity contribution is -0.137. The first-order valence-corrected chi connectivity index (χ1v) is 7.48. The first kappa shape index (κ1) is 19.4. The molecule has 0 atom stereocenters. The van der Waals surface area contributed by atoms with Gasteiger partial charge in [-0.25, -0.2) is 4.99 Å². The summed E-state index contributed by atoms with van der Waals surface area (Å²) in [7, 11) is 0. The van der Waals surface area contributed by atoms with Crippen LogP contribution in [0.15, 0.2) is 29.3 Å². The van der Waals surface area contributed by atoms with Crippen LogP contribution in [0.5, 0.6) is 0 Å². The van der Waals surface area contributed by atoms with Crippen molar-refractivity contribution < 1.29 is 18.0 Å². The molecule has 0 unspecified atom stereocenters. The zero-order valence-corrected chi connectivity index (χ0v) is 14.4. The van der Waals surface area contributed by atoms with E-state index in [4.69, 9.17) is 0 Å². The summed E-state index contributed by atoms with van der Waals surface area (Å²) in [4.78, 5) is 17.2. The molecule has 0 aliphatic heterocycles. The van der Waals surface area contributed by atoms with Crippen LogP contribution in [0.4, 0.5) is 18.9 Å². The van der Waals surface area contributed by atoms with Crippen molar-refractivity contribution in [1.82, 2.24) is 4.57 Å². The van der Waals surface area contributed by atoms with Crippen molar-refractivity contribution in [3.8, 4) is 0 Å². The topological polar surface area (TPSA) is 34.4 Å². The van der Waals surface area contributed by atoms with Crippen molar-refractivity contribution in [2.24, 2.45) is 4.99 Å². The molecule has 23 heavy (non-hydrogen) atoms. The van der Waals surface area contributed by atoms with Crippen LogP contribution in [0.25, 0.3) is 0 Å². The summed E-state index contributed by atoms with van der Waals surface area (Å²) in [6, 6.07) is 4.65. The zero-order valence-electron chi connectivity index (χ0n) is 12.8. The van der Waals surface area contributed by atoms with Crippen LogP contribution >= 0.6 is 23.7 Å². The fourth-order valence-electron chi connectivity index (χ4n) is 2.10. The molecule has 3 nitrogen and oxygen atoms in total. The Kier molecular flexibility index (Phi) is 6.18. The predicted octanol–water partition coefficient (Wildman–Crippen LogP) is 4.75. The standard InChI is InChI=1S/C15H15F3N2OS.ClH/c1-4-20-9(2)13(10(3)21)22-14(20)19-12-7-5-11(6-8-12)15(16,17)18;/h5-8H,4H2,1-3H3;1H. The van der Waals surface area contributed by atoms with Gasteiger partial charge < -0.3 is 4.57 Å². The number of nitrogens with zero attached hydrogens (tertiary/aromatic N) is 2. The summed E-state index contributed by atoms with van der Waals surface area (Å²) >= 11 is 1.25. The first-order valence-electron chi connectivity index (χ1n) is 6.67. The minimum absolute atomic E-state index is 0. The Balaban J connectivity index is 0.00000264. The minimum atomic E-state index is -4.36. The molecule has 1 heterocycles. The number of thiazole rings is 1. The highest BCUT2D eigenvalue weighted by atomic mass is 35.5. The molecule has 8 heteroatoms. The van der Waals surface area contributed by atoms with E-state index in [2.05, 4.69) is 4.99 Å². The number of rotatable bonds is 3. The van der Waals surface area contributed by atoms with Gasteiger partial charge in [-0.2, -0.15) is 13.2 Å². The molecule has 1 aromatic heterocycles. The van der Waals surface area contributed by atoms with Crippen LogP contribution < -0.4 is 4.80 Å². The maximum atomic E-state index is 12.5. The van der Waals surface area contributed by atoms with Crippen LogP contribution in [0.2, 0.25) is 0 Å². The Labute approximate surface area is 141 Å². The third-order valence-corrected chi connectivity index (χ3v) is 4.49. The molecule has 0 saturated heterocycles. The van der Waals surface area contributed by atoms with Crippen LogP contribution in [0, 0.1) is 6.92 Å². The lowest BCUT2D eigenvalue weighted by Crippen LogP contribution is -2.14. The van der Waals surface area contributed by atoms with Crippen molar-refractivity contribution >= 4 is 35.2 Å². The SMILES string of the molecule is CCn1c(C)c(C(C)=O)sc1=Nc1ccc(C(F)(F)F)cc1.Cl. The predicted molar refractivity (Wildman–Crippen MR) is 86.6 cm³/mol. The summed E-state index contributed by atoms with van der Waals surface area (Å²) in [6.07, 6.45) is -4.36. The third kappa shape index (κ3) is 4.23. The van der Waals surface area contributed by atoms with Gasteiger partial charge in [0.15, 0.2) is 10.6 Å². The molecule has 0 bridgehead atoms. The second-order valence-electron chi connectivity index (χ2n) is 4.76. The molecule has 126 valence electrons. The van der Waals surface area contributed by atoms with Gasteiger partial charge in [-0.05, 0) is 38.1 Å². The molecule has 0 fully saturated rings. The average molecular weight is 365 g/mol. The molecule has 2 rings (SSSR count). The highest BCUT2D eigenvalue weighted by molar-refractivity contribution is 7.11. The Bertz CT molecular complexity index is 761. The summed E-state index contributed by atoms with van der Waals surface area (Å²) < 4.78 is 39.5. The number of halogens is 4. The molecule has 0 N–H and O–H groups in total. The molecule has 2 aromatic rings. The average Bonchev–Trinajstić information content (AvgIpc) is 2.74. The Morgan fingerprint density at radius 3 is 2.26 bits per heavy atom. The minimum Gasteiger partial charge on any atom is -0.321 e. The summed E-state index contributed by atoms with van der Waals surface area (Å²) in [6.45, 7) is 5.88. The van der Waals surface area contributed by atoms with E-state index in [0.29, 0.717) is 21.9 Å². The fourth-order valence-corrected chi connectivity index (χ4v) is 3.22. The van der Waals surface area contributed by atoms with E-state index in [9.17, 15) is 18.0 Å². The third-order valence-electron chi connectivity index (χ3n) is 3.21. The number of hydrogen-bond donors (Lipinski definition) is 0. The van der Waals surface area contributed by atoms with Crippen LogP contribution in [0.1, 0.15) is 34.8 Å². The summed E-state index contributed by atoms with van der Waals surface area (Å²) in [5, 5.41) is 0. The normalized spacial score (nSPS) is 12.2. The first-order chi connectivity index (χ1) is 10.2. The van der Waals surface area contributed by atoms with E-state index in [1.807, 2.05) is 18.4 Å². The lowest BCUT2D eigenvalue weighted by atomic mass is 10.2. The van der Waals surface area contributed by atoms with Crippen molar-refractivity contribution in [3.63, 3.8) is 0 Å². The van der Waals surface area contributed by atoms with Crippen LogP contribution in [-0.2, 0) is 12.7 Å². The number of carbonyl (C=O) groups is 1. The van der Waals surface area contributed by atoms with Crippen molar-refractivity contribution in [2.75, 3.05) is 0 Å². The fraction of sp³-hybridized carbons (Fsp3) is 0.333. The molecule has 0 radical (unpaired) electrons. The second-order valence-corrected chi connectivity index (χ2v) is 5.73. The highest BCUT2D eigenvalue weighted by Gasteiger charge is 2.29. The van der Waals surface area contributed by atoms with Gasteiger partial charge in [-0.15, -0.1) is 12.4 Å². The molecular formula is C15H16ClF3N2OS. The maximum Gasteiger partial charge on any atom is 0.416 e. The van der Waals surface area contributed by atoms with Gasteiger partial charge in [-0.3, -0.25) is 4.79 Å². The summed E-state index contributed by atoms with van der Waals surface area (Å²) in [5.41, 5.74) is 0.541. The Hall–Kier alpha value is -1.60. The van der Waals surface area contributed by atoms with Gasteiger partial charge >= 0.3 is 6.18 Å². The number of Topliss-reactive ketones (excluding diaryl/α,β-unsaturated/α-hetero) is 1. The maximum absolute atomic E-state index is 12.5. The Morgan fingerprint density at radius 1 is 1.26 bits per heavy atom. The lowest BCUT2D eigenvalue weighted by Gasteiger charge is -2.05. The van der Waals surface area contributed by atoms with E-state index in [-0.39, 0.29) is 18.2 Å². The van der Waals surface area contributed by atoms with E-state index >= 15 is 0 Å². The highest BCUT2D eigenvalue weighted by Crippen LogP contribution is 2.30. The van der Waals surface area contributed by atoms with Crippen molar-refractivity contribution in [1.29, 1.82) is 0 Å². The largest absolute Gasteiger partial charge is 0.416 e. The number of alkyl halides is 3. The monoisotopic (exact) mass is 364 g/mol. The number of hydrogen-bond acceptors (Lipinski definition) is 3. The quantitative estimate of drug-likeness (QED) is 0.723. The van der Waals surface area contributed by atoms with Gasteiger partial charge in [-0.1, -0.05) is 11.3 Å². The number of ketones is 1. The van der Waals surface area contributed by atoms with Crippen LogP contribution in [0.3, 0.4) is 0 Å². The van der Waals surface area contributed by atoms with Gasteiger partial charge in [0.1, 0.15) is 0 Å². The number of aromatic nitrogens is 1. The van der Waals surface area contributed by atoms with Gasteiger partial charge in [0.05, 0.1) is 16.1 Å². The van der Waals surface area contributed by atoms with E-state index in [1.165, 1.54) is 30.4 Å². The van der Waals surface area contributed by atoms with E-state index < -0.39 is 11.7 Å². The van der Waals surface area contributed by atoms with Gasteiger partial charge in [0.2, 0.25) is 0 Å². The number of benzene rings is 1. The van der Waals surface area contributed by atoms with Gasteiger partial charge in [0.25, 0.3) is 0 Å². The van der Waals surface area contributed by atoms with E-state index in [1.54, 1.807) is 0 Å². The molecule has 0 spiro atoms. The van der Waals surface area contributed by atoms with Crippen molar-refractivity contribution in [3.05, 3.63) is 45.2 Å². The molecule has 0 saturated carbocycles.